The summed E-state index contributed by atoms with van der Waals surface area (Å²) >= 11 is 0. The largest absolute Gasteiger partial charge is 0.496 e. The van der Waals surface area contributed by atoms with Gasteiger partial charge in [0.2, 0.25) is 0 Å². The monoisotopic (exact) mass is 499 g/mol. The Morgan fingerprint density at radius 1 is 1.05 bits per heavy atom. The number of fused-ring (bicyclic) bond motifs is 1. The van der Waals surface area contributed by atoms with Gasteiger partial charge in [-0.2, -0.15) is 0 Å². The number of hydrogen-bond donors (Lipinski definition) is 1. The highest BCUT2D eigenvalue weighted by molar-refractivity contribution is 6.04. The number of dihydropyridines is 1. The minimum absolute atomic E-state index is 0.107. The molecule has 5 rings (SSSR count). The average molecular weight is 500 g/mol. The first kappa shape index (κ1) is 24.6. The van der Waals surface area contributed by atoms with Gasteiger partial charge in [0, 0.05) is 34.9 Å². The van der Waals surface area contributed by atoms with Gasteiger partial charge in [0.25, 0.3) is 0 Å². The Bertz CT molecular complexity index is 1510. The summed E-state index contributed by atoms with van der Waals surface area (Å²) in [7, 11) is 1.61. The number of ketones is 1. The molecule has 0 amide bonds. The molecule has 0 saturated heterocycles. The van der Waals surface area contributed by atoms with Crippen molar-refractivity contribution in [2.45, 2.75) is 44.9 Å². The van der Waals surface area contributed by atoms with Gasteiger partial charge in [-0.3, -0.25) is 9.59 Å². The quantitative estimate of drug-likeness (QED) is 0.471. The number of para-hydroxylation sites is 2. The van der Waals surface area contributed by atoms with Gasteiger partial charge in [-0.1, -0.05) is 37.3 Å². The van der Waals surface area contributed by atoms with Crippen molar-refractivity contribution in [2.24, 2.45) is 0 Å². The topological polar surface area (TPSA) is 94.8 Å². The van der Waals surface area contributed by atoms with Crippen LogP contribution in [0.4, 0.5) is 0 Å². The van der Waals surface area contributed by atoms with E-state index < -0.39 is 11.9 Å². The molecule has 0 fully saturated rings. The Labute approximate surface area is 214 Å². The van der Waals surface area contributed by atoms with Crippen LogP contribution in [-0.4, -0.2) is 25.5 Å². The van der Waals surface area contributed by atoms with Gasteiger partial charge in [0.1, 0.15) is 11.3 Å². The summed E-state index contributed by atoms with van der Waals surface area (Å²) in [5.74, 6) is -0.938. The van der Waals surface area contributed by atoms with Crippen LogP contribution in [0, 0.1) is 0 Å². The second kappa shape index (κ2) is 10.1. The van der Waals surface area contributed by atoms with E-state index >= 15 is 0 Å². The number of carbonyl (C=O) groups excluding carboxylic acids is 2. The zero-order valence-corrected chi connectivity index (χ0v) is 21.1. The summed E-state index contributed by atoms with van der Waals surface area (Å²) in [5, 5.41) is 3.71. The fraction of sp³-hybridized carbons (Fsp3) is 0.300. The van der Waals surface area contributed by atoms with Crippen molar-refractivity contribution in [3.8, 4) is 5.75 Å². The summed E-state index contributed by atoms with van der Waals surface area (Å²) in [6, 6.07) is 14.6. The van der Waals surface area contributed by atoms with E-state index in [0.29, 0.717) is 40.8 Å². The van der Waals surface area contributed by atoms with Crippen LogP contribution < -0.4 is 15.5 Å². The highest BCUT2D eigenvalue weighted by Gasteiger charge is 2.43. The molecule has 7 heteroatoms. The molecular weight excluding hydrogens is 470 g/mol. The molecule has 2 atom stereocenters. The number of rotatable bonds is 6. The van der Waals surface area contributed by atoms with Crippen molar-refractivity contribution < 1.29 is 23.5 Å². The predicted octanol–water partition coefficient (Wildman–Crippen LogP) is 5.12. The smallest absolute Gasteiger partial charge is 0.336 e. The van der Waals surface area contributed by atoms with E-state index in [0.717, 1.165) is 11.3 Å². The van der Waals surface area contributed by atoms with Gasteiger partial charge in [0.05, 0.1) is 36.9 Å². The first-order valence-corrected chi connectivity index (χ1v) is 12.5. The van der Waals surface area contributed by atoms with Crippen LogP contribution in [0.3, 0.4) is 0 Å². The van der Waals surface area contributed by atoms with Gasteiger partial charge in [-0.25, -0.2) is 4.79 Å². The van der Waals surface area contributed by atoms with E-state index in [9.17, 15) is 14.4 Å². The summed E-state index contributed by atoms with van der Waals surface area (Å²) in [4.78, 5) is 40.7. The molecule has 2 unspecified atom stereocenters. The van der Waals surface area contributed by atoms with E-state index in [2.05, 4.69) is 5.32 Å². The number of hydrogen-bond acceptors (Lipinski definition) is 7. The van der Waals surface area contributed by atoms with E-state index in [1.807, 2.05) is 31.2 Å². The number of allylic oxidation sites excluding steroid dienone is 3. The lowest BCUT2D eigenvalue weighted by Crippen LogP contribution is -2.37. The molecule has 1 aromatic heterocycles. The molecule has 190 valence electrons. The second-order valence-corrected chi connectivity index (χ2v) is 9.41. The van der Waals surface area contributed by atoms with E-state index in [1.165, 1.54) is 6.26 Å². The molecule has 7 nitrogen and oxygen atoms in total. The molecule has 2 heterocycles. The molecule has 1 aliphatic carbocycles. The van der Waals surface area contributed by atoms with E-state index in [-0.39, 0.29) is 41.3 Å². The molecule has 0 saturated carbocycles. The molecule has 0 radical (unpaired) electrons. The third-order valence-electron chi connectivity index (χ3n) is 7.08. The zero-order chi connectivity index (χ0) is 26.1. The number of methoxy groups -OCH3 is 1. The third-order valence-corrected chi connectivity index (χ3v) is 7.08. The van der Waals surface area contributed by atoms with E-state index in [1.54, 1.807) is 38.3 Å². The maximum Gasteiger partial charge on any atom is 0.336 e. The van der Waals surface area contributed by atoms with Crippen molar-refractivity contribution >= 4 is 22.7 Å². The zero-order valence-electron chi connectivity index (χ0n) is 21.1. The average Bonchev–Trinajstić information content (AvgIpc) is 2.91. The van der Waals surface area contributed by atoms with E-state index in [4.69, 9.17) is 13.9 Å². The lowest BCUT2D eigenvalue weighted by Gasteiger charge is -2.36. The highest BCUT2D eigenvalue weighted by atomic mass is 16.5. The minimum atomic E-state index is -0.882. The molecule has 0 spiro atoms. The number of nitrogens with one attached hydrogen (secondary N) is 1. The maximum absolute atomic E-state index is 13.8. The van der Waals surface area contributed by atoms with Gasteiger partial charge < -0.3 is 19.2 Å². The maximum atomic E-state index is 13.8. The van der Waals surface area contributed by atoms with Crippen LogP contribution >= 0.6 is 0 Å². The summed E-state index contributed by atoms with van der Waals surface area (Å²) in [6.45, 7) is 3.93. The van der Waals surface area contributed by atoms with Crippen molar-refractivity contribution in [3.05, 3.63) is 98.7 Å². The van der Waals surface area contributed by atoms with Crippen molar-refractivity contribution in [1.82, 2.24) is 5.32 Å². The van der Waals surface area contributed by atoms with Gasteiger partial charge >= 0.3 is 5.97 Å². The first-order valence-electron chi connectivity index (χ1n) is 12.5. The Balaban J connectivity index is 1.66. The number of benzene rings is 2. The third kappa shape index (κ3) is 4.35. The fourth-order valence-corrected chi connectivity index (χ4v) is 5.41. The normalized spacial score (nSPS) is 19.5. The molecule has 3 aromatic rings. The number of Topliss-reactive ketones (excluding diaryl/α,β-unsaturated/α-hetero) is 1. The fourth-order valence-electron chi connectivity index (χ4n) is 5.41. The van der Waals surface area contributed by atoms with Crippen molar-refractivity contribution in [1.29, 1.82) is 0 Å². The summed E-state index contributed by atoms with van der Waals surface area (Å²) < 4.78 is 16.9. The number of carbonyl (C=O) groups is 2. The van der Waals surface area contributed by atoms with Crippen LogP contribution in [0.5, 0.6) is 5.75 Å². The van der Waals surface area contributed by atoms with Crippen LogP contribution in [0.1, 0.15) is 56.1 Å². The molecule has 2 aromatic carbocycles. The first-order chi connectivity index (χ1) is 17.9. The number of esters is 1. The van der Waals surface area contributed by atoms with Gasteiger partial charge in [-0.15, -0.1) is 0 Å². The highest BCUT2D eigenvalue weighted by Crippen LogP contribution is 2.46. The SMILES string of the molecule is CCCOC(=O)C1=C(C)NC2=C(C(=O)CC(c3ccccc3OC)C2)C1c1coc2ccccc2c1=O. The Morgan fingerprint density at radius 2 is 1.81 bits per heavy atom. The van der Waals surface area contributed by atoms with Crippen LogP contribution in [0.15, 0.2) is 86.5 Å². The minimum Gasteiger partial charge on any atom is -0.496 e. The lowest BCUT2D eigenvalue weighted by atomic mass is 9.71. The molecule has 37 heavy (non-hydrogen) atoms. The molecular formula is C30H29NO6. The van der Waals surface area contributed by atoms with Gasteiger partial charge in [0.15, 0.2) is 11.2 Å². The molecule has 1 N–H and O–H groups in total. The predicted molar refractivity (Wildman–Crippen MR) is 139 cm³/mol. The Morgan fingerprint density at radius 3 is 2.59 bits per heavy atom. The molecule has 1 aliphatic heterocycles. The summed E-state index contributed by atoms with van der Waals surface area (Å²) in [5.41, 5.74) is 3.32. The van der Waals surface area contributed by atoms with Crippen LogP contribution in [0.25, 0.3) is 11.0 Å². The molecule has 0 bridgehead atoms. The van der Waals surface area contributed by atoms with Crippen LogP contribution in [0.2, 0.25) is 0 Å². The van der Waals surface area contributed by atoms with Crippen LogP contribution in [-0.2, 0) is 14.3 Å². The standard InChI is InChI=1S/C30H29NO6/c1-4-13-36-30(34)26-17(2)31-22-14-18(19-9-5-7-11-24(19)35-3)15-23(32)28(22)27(26)21-16-37-25-12-8-6-10-20(25)29(21)33/h5-12,16,18,27,31H,4,13-15H2,1-3H3. The van der Waals surface area contributed by atoms with Gasteiger partial charge in [-0.05, 0) is 43.5 Å². The van der Waals surface area contributed by atoms with Crippen molar-refractivity contribution in [3.63, 3.8) is 0 Å². The van der Waals surface area contributed by atoms with Crippen molar-refractivity contribution in [2.75, 3.05) is 13.7 Å². The summed E-state index contributed by atoms with van der Waals surface area (Å²) in [6.07, 6.45) is 2.80. The number of ether oxygens (including phenoxy) is 2. The Hall–Kier alpha value is -4.13. The Kier molecular flexibility index (Phi) is 6.70. The molecule has 2 aliphatic rings. The lowest BCUT2D eigenvalue weighted by molar-refractivity contribution is -0.139. The second-order valence-electron chi connectivity index (χ2n) is 9.41.